The fourth-order valence-electron chi connectivity index (χ4n) is 1.68. The fraction of sp³-hybridized carbons (Fsp3) is 0.583. The molecule has 1 rings (SSSR count). The number of hydrogen-bond donors (Lipinski definition) is 1. The smallest absolute Gasteiger partial charge is 0.309 e. The number of Topliss-reactive ketones (excluding diaryl/α,β-unsaturated/α-hetero) is 1. The van der Waals surface area contributed by atoms with Crippen LogP contribution >= 0.6 is 11.3 Å². The van der Waals surface area contributed by atoms with Crippen molar-refractivity contribution in [2.24, 2.45) is 11.8 Å². The average Bonchev–Trinajstić information content (AvgIpc) is 2.62. The van der Waals surface area contributed by atoms with E-state index in [0.29, 0.717) is 16.6 Å². The van der Waals surface area contributed by atoms with E-state index in [2.05, 4.69) is 18.8 Å². The summed E-state index contributed by atoms with van der Waals surface area (Å²) in [4.78, 5) is 26.6. The lowest BCUT2D eigenvalue weighted by Crippen LogP contribution is -2.13. The molecule has 5 heteroatoms. The molecule has 1 aromatic heterocycles. The maximum atomic E-state index is 12.0. The lowest BCUT2D eigenvalue weighted by molar-refractivity contribution is -0.136. The highest BCUT2D eigenvalue weighted by molar-refractivity contribution is 7.11. The molecule has 1 unspecified atom stereocenters. The summed E-state index contributed by atoms with van der Waals surface area (Å²) >= 11 is 1.23. The van der Waals surface area contributed by atoms with Crippen molar-refractivity contribution in [3.63, 3.8) is 0 Å². The topological polar surface area (TPSA) is 67.3 Å². The van der Waals surface area contributed by atoms with E-state index in [1.54, 1.807) is 5.38 Å². The highest BCUT2D eigenvalue weighted by Crippen LogP contribution is 2.19. The number of rotatable bonds is 6. The average molecular weight is 255 g/mol. The second-order valence-electron chi connectivity index (χ2n) is 4.61. The molecule has 17 heavy (non-hydrogen) atoms. The van der Waals surface area contributed by atoms with Crippen molar-refractivity contribution in [1.29, 1.82) is 0 Å². The Bertz CT molecular complexity index is 412. The quantitative estimate of drug-likeness (QED) is 0.793. The van der Waals surface area contributed by atoms with E-state index in [0.717, 1.165) is 6.42 Å². The van der Waals surface area contributed by atoms with Gasteiger partial charge >= 0.3 is 5.97 Å². The summed E-state index contributed by atoms with van der Waals surface area (Å²) in [6, 6.07) is 0. The van der Waals surface area contributed by atoms with E-state index in [-0.39, 0.29) is 18.1 Å². The van der Waals surface area contributed by atoms with Gasteiger partial charge in [-0.05, 0) is 12.3 Å². The van der Waals surface area contributed by atoms with Crippen LogP contribution in [0.5, 0.6) is 0 Å². The molecule has 1 atom stereocenters. The summed E-state index contributed by atoms with van der Waals surface area (Å²) in [5.74, 6) is -0.504. The third-order valence-corrected chi connectivity index (χ3v) is 3.27. The molecule has 0 fully saturated rings. The molecule has 1 heterocycles. The van der Waals surface area contributed by atoms with E-state index in [9.17, 15) is 9.59 Å². The molecule has 94 valence electrons. The molecular formula is C12H17NO3S. The van der Waals surface area contributed by atoms with Gasteiger partial charge in [0.2, 0.25) is 0 Å². The summed E-state index contributed by atoms with van der Waals surface area (Å²) in [6.45, 7) is 6.03. The second-order valence-corrected chi connectivity index (χ2v) is 5.47. The summed E-state index contributed by atoms with van der Waals surface area (Å²) in [5, 5.41) is 10.7. The number of aromatic nitrogens is 1. The minimum Gasteiger partial charge on any atom is -0.481 e. The molecule has 4 nitrogen and oxygen atoms in total. The van der Waals surface area contributed by atoms with Gasteiger partial charge in [0.25, 0.3) is 0 Å². The standard InChI is InChI=1S/C12H17NO3S/c1-7(2)4-8(3)11(16)12-13-9(6-17-12)5-10(14)15/h6-8H,4-5H2,1-3H3,(H,14,15). The number of thiazole rings is 1. The fourth-order valence-corrected chi connectivity index (χ4v) is 2.55. The second kappa shape index (κ2) is 5.91. The molecule has 0 spiro atoms. The molecular weight excluding hydrogens is 238 g/mol. The van der Waals surface area contributed by atoms with Gasteiger partial charge in [0, 0.05) is 11.3 Å². The number of nitrogens with zero attached hydrogens (tertiary/aromatic N) is 1. The largest absolute Gasteiger partial charge is 0.481 e. The first kappa shape index (κ1) is 13.8. The van der Waals surface area contributed by atoms with Crippen LogP contribution in [0.4, 0.5) is 0 Å². The number of aliphatic carboxylic acids is 1. The zero-order valence-electron chi connectivity index (χ0n) is 10.3. The van der Waals surface area contributed by atoms with E-state index in [1.165, 1.54) is 11.3 Å². The van der Waals surface area contributed by atoms with Crippen molar-refractivity contribution in [1.82, 2.24) is 4.98 Å². The van der Waals surface area contributed by atoms with Crippen LogP contribution in [-0.4, -0.2) is 21.8 Å². The van der Waals surface area contributed by atoms with Crippen molar-refractivity contribution < 1.29 is 14.7 Å². The first-order chi connectivity index (χ1) is 7.90. The molecule has 0 bridgehead atoms. The number of carboxylic acid groups (broad SMARTS) is 1. The summed E-state index contributed by atoms with van der Waals surface area (Å²) in [6.07, 6.45) is 0.703. The molecule has 0 aliphatic rings. The van der Waals surface area contributed by atoms with Crippen LogP contribution in [-0.2, 0) is 11.2 Å². The van der Waals surface area contributed by atoms with Crippen LogP contribution < -0.4 is 0 Å². The van der Waals surface area contributed by atoms with E-state index < -0.39 is 5.97 Å². The van der Waals surface area contributed by atoms with Gasteiger partial charge in [-0.3, -0.25) is 9.59 Å². The summed E-state index contributed by atoms with van der Waals surface area (Å²) in [7, 11) is 0. The highest BCUT2D eigenvalue weighted by Gasteiger charge is 2.20. The third kappa shape index (κ3) is 4.26. The monoisotopic (exact) mass is 255 g/mol. The molecule has 0 radical (unpaired) electrons. The van der Waals surface area contributed by atoms with Gasteiger partial charge in [-0.25, -0.2) is 4.98 Å². The highest BCUT2D eigenvalue weighted by atomic mass is 32.1. The van der Waals surface area contributed by atoms with Crippen LogP contribution in [0.1, 0.15) is 42.7 Å². The van der Waals surface area contributed by atoms with Crippen molar-refractivity contribution in [2.45, 2.75) is 33.6 Å². The Morgan fingerprint density at radius 1 is 1.41 bits per heavy atom. The van der Waals surface area contributed by atoms with Crippen LogP contribution in [0, 0.1) is 11.8 Å². The van der Waals surface area contributed by atoms with Gasteiger partial charge in [0.1, 0.15) is 0 Å². The third-order valence-electron chi connectivity index (χ3n) is 2.37. The predicted octanol–water partition coefficient (Wildman–Crippen LogP) is 2.64. The van der Waals surface area contributed by atoms with Gasteiger partial charge in [0.05, 0.1) is 12.1 Å². The lowest BCUT2D eigenvalue weighted by Gasteiger charge is -2.10. The Labute approximate surface area is 105 Å². The van der Waals surface area contributed by atoms with Gasteiger partial charge in [-0.2, -0.15) is 0 Å². The molecule has 1 aromatic rings. The Morgan fingerprint density at radius 3 is 2.59 bits per heavy atom. The first-order valence-corrected chi connectivity index (χ1v) is 6.48. The van der Waals surface area contributed by atoms with Gasteiger partial charge in [0.15, 0.2) is 10.8 Å². The number of carbonyl (C=O) groups is 2. The Morgan fingerprint density at radius 2 is 2.06 bits per heavy atom. The summed E-state index contributed by atoms with van der Waals surface area (Å²) in [5.41, 5.74) is 0.461. The Kier molecular flexibility index (Phi) is 4.81. The number of hydrogen-bond acceptors (Lipinski definition) is 4. The molecule has 0 saturated heterocycles. The maximum absolute atomic E-state index is 12.0. The predicted molar refractivity (Wildman–Crippen MR) is 66.4 cm³/mol. The molecule has 0 amide bonds. The van der Waals surface area contributed by atoms with E-state index in [4.69, 9.17) is 5.11 Å². The maximum Gasteiger partial charge on any atom is 0.309 e. The first-order valence-electron chi connectivity index (χ1n) is 5.60. The Hall–Kier alpha value is -1.23. The van der Waals surface area contributed by atoms with Crippen molar-refractivity contribution in [2.75, 3.05) is 0 Å². The molecule has 0 aliphatic carbocycles. The van der Waals surface area contributed by atoms with Crippen LogP contribution in [0.15, 0.2) is 5.38 Å². The van der Waals surface area contributed by atoms with E-state index in [1.807, 2.05) is 6.92 Å². The van der Waals surface area contributed by atoms with E-state index >= 15 is 0 Å². The minimum atomic E-state index is -0.926. The zero-order chi connectivity index (χ0) is 13.0. The minimum absolute atomic E-state index is 0.0142. The molecule has 0 aromatic carbocycles. The van der Waals surface area contributed by atoms with Crippen molar-refractivity contribution in [3.05, 3.63) is 16.1 Å². The zero-order valence-corrected chi connectivity index (χ0v) is 11.1. The van der Waals surface area contributed by atoms with Gasteiger partial charge in [-0.15, -0.1) is 11.3 Å². The van der Waals surface area contributed by atoms with Crippen molar-refractivity contribution in [3.8, 4) is 0 Å². The normalized spacial score (nSPS) is 12.7. The summed E-state index contributed by atoms with van der Waals surface area (Å²) < 4.78 is 0. The van der Waals surface area contributed by atoms with Crippen LogP contribution in [0.2, 0.25) is 0 Å². The SMILES string of the molecule is CC(C)CC(C)C(=O)c1nc(CC(=O)O)cs1. The van der Waals surface area contributed by atoms with Crippen molar-refractivity contribution >= 4 is 23.1 Å². The lowest BCUT2D eigenvalue weighted by atomic mass is 9.95. The molecule has 1 N–H and O–H groups in total. The Balaban J connectivity index is 2.69. The van der Waals surface area contributed by atoms with Crippen LogP contribution in [0.25, 0.3) is 0 Å². The van der Waals surface area contributed by atoms with Crippen LogP contribution in [0.3, 0.4) is 0 Å². The van der Waals surface area contributed by atoms with Gasteiger partial charge in [-0.1, -0.05) is 20.8 Å². The number of carbonyl (C=O) groups excluding carboxylic acids is 1. The molecule has 0 saturated carbocycles. The number of ketones is 1. The van der Waals surface area contributed by atoms with Gasteiger partial charge < -0.3 is 5.11 Å². The number of carboxylic acids is 1. The molecule has 0 aliphatic heterocycles.